The molecule has 0 saturated carbocycles. The van der Waals surface area contributed by atoms with Crippen molar-refractivity contribution in [1.29, 1.82) is 0 Å². The number of hydrogen-bond acceptors (Lipinski definition) is 0. The van der Waals surface area contributed by atoms with Crippen LogP contribution in [0.25, 0.3) is 0 Å². The quantitative estimate of drug-likeness (QED) is 0.247. The molecule has 0 N–H and O–H groups in total. The normalized spacial score (nSPS) is 14.0. The maximum atomic E-state index is 9.93. The van der Waals surface area contributed by atoms with Crippen molar-refractivity contribution in [3.8, 4) is 0 Å². The van der Waals surface area contributed by atoms with Gasteiger partial charge in [-0.25, -0.2) is 0 Å². The molecule has 26 heavy (non-hydrogen) atoms. The molecule has 0 nitrogen and oxygen atoms in total. The van der Waals surface area contributed by atoms with Gasteiger partial charge < -0.3 is 0 Å². The molecule has 0 unspecified atom stereocenters. The fraction of sp³-hybridized carbons (Fsp3) is 0. The smallest absolute Gasteiger partial charge is 0.0622 e. The molecule has 3 aromatic rings. The molecule has 0 spiro atoms. The maximum absolute atomic E-state index is 11.2. The summed E-state index contributed by atoms with van der Waals surface area (Å²) >= 11 is -11.2. The molecule has 0 amide bonds. The first-order valence-electron chi connectivity index (χ1n) is 7.42. The Morgan fingerprint density at radius 3 is 0.846 bits per heavy atom. The number of benzene rings is 3. The van der Waals surface area contributed by atoms with Gasteiger partial charge in [-0.2, -0.15) is 0 Å². The van der Waals surface area contributed by atoms with Crippen LogP contribution in [-0.4, -0.2) is 19.5 Å². The molecule has 0 radical (unpaired) electrons. The predicted octanol–water partition coefficient (Wildman–Crippen LogP) is 5.70. The summed E-state index contributed by atoms with van der Waals surface area (Å²) in [5.41, 5.74) is 0. The topological polar surface area (TPSA) is 0 Å². The second-order valence-electron chi connectivity index (χ2n) is 5.30. The van der Waals surface area contributed by atoms with E-state index in [1.165, 1.54) is 15.9 Å². The van der Waals surface area contributed by atoms with E-state index in [9.17, 15) is 16.9 Å². The zero-order valence-corrected chi connectivity index (χ0v) is 16.8. The van der Waals surface area contributed by atoms with Crippen LogP contribution in [0.1, 0.15) is 1.43 Å². The van der Waals surface area contributed by atoms with E-state index in [1.807, 2.05) is 0 Å². The van der Waals surface area contributed by atoms with E-state index in [4.69, 9.17) is 0 Å². The van der Waals surface area contributed by atoms with Crippen molar-refractivity contribution in [3.05, 3.63) is 91.0 Å². The van der Waals surface area contributed by atoms with E-state index in [0.29, 0.717) is 0 Å². The van der Waals surface area contributed by atoms with Gasteiger partial charge in [0.05, 0.1) is 0 Å². The number of halogens is 6. The van der Waals surface area contributed by atoms with Crippen LogP contribution in [0.15, 0.2) is 91.0 Å². The van der Waals surface area contributed by atoms with Crippen molar-refractivity contribution in [1.82, 2.24) is 0 Å². The van der Waals surface area contributed by atoms with Crippen molar-refractivity contribution in [2.75, 3.05) is 0 Å². The van der Waals surface area contributed by atoms with Gasteiger partial charge in [-0.15, -0.1) is 0 Å². The second kappa shape index (κ2) is 7.25. The third-order valence-corrected chi connectivity index (χ3v) is 5.49. The minimum Gasteiger partial charge on any atom is -0.0622 e. The second-order valence-corrected chi connectivity index (χ2v) is 13.0. The van der Waals surface area contributed by atoms with Gasteiger partial charge in [-0.05, 0) is 23.8 Å². The minimum atomic E-state index is -11.2. The average Bonchev–Trinajstić information content (AvgIpc) is 2.55. The van der Waals surface area contributed by atoms with Crippen LogP contribution in [0, 0.1) is 0 Å². The van der Waals surface area contributed by atoms with E-state index < -0.39 is 27.4 Å². The Labute approximate surface area is 152 Å². The summed E-state index contributed by atoms with van der Waals surface area (Å²) in [6.45, 7) is 0. The molecule has 0 fully saturated rings. The van der Waals surface area contributed by atoms with Crippen LogP contribution in [0.5, 0.6) is 0 Å². The third kappa shape index (κ3) is 8.73. The molecule has 8 heteroatoms. The van der Waals surface area contributed by atoms with Gasteiger partial charge in [0, 0.05) is 0 Å². The van der Waals surface area contributed by atoms with Gasteiger partial charge in [0.1, 0.15) is 0 Å². The summed E-state index contributed by atoms with van der Waals surface area (Å²) in [5, 5.41) is 4.19. The molecule has 0 heterocycles. The predicted molar refractivity (Wildman–Crippen MR) is 98.7 cm³/mol. The fourth-order valence-corrected chi connectivity index (χ4v) is 4.48. The van der Waals surface area contributed by atoms with Crippen LogP contribution in [0.4, 0.5) is 16.9 Å². The van der Waals surface area contributed by atoms with Crippen LogP contribution in [0.3, 0.4) is 0 Å². The zero-order chi connectivity index (χ0) is 19.3. The van der Waals surface area contributed by atoms with Crippen molar-refractivity contribution in [2.24, 2.45) is 0 Å². The number of rotatable bonds is 3. The van der Waals surface area contributed by atoms with Gasteiger partial charge in [0.25, 0.3) is 0 Å². The summed E-state index contributed by atoms with van der Waals surface area (Å²) in [5.74, 6) is 0. The fourth-order valence-electron chi connectivity index (χ4n) is 2.18. The van der Waals surface area contributed by atoms with Gasteiger partial charge in [-0.1, -0.05) is 91.0 Å². The van der Waals surface area contributed by atoms with Crippen LogP contribution >= 0.6 is 7.92 Å². The van der Waals surface area contributed by atoms with Crippen molar-refractivity contribution >= 4 is 43.3 Å². The molecule has 0 aromatic heterocycles. The Kier molecular flexibility index (Phi) is 5.80. The molecule has 0 bridgehead atoms. The first-order chi connectivity index (χ1) is 11.9. The van der Waals surface area contributed by atoms with E-state index in [2.05, 4.69) is 91.0 Å². The summed E-state index contributed by atoms with van der Waals surface area (Å²) in [4.78, 5) is 0. The standard InChI is InChI=1S/C18H15P.6FH.Sb/c1-4-10-16(11-5-1)19(17-12-6-2-7-13-17)18-14-8-3-9-15-18;;;;;;;/h1-15H;6*1H;/q;;;;;;;+5/p-5. The Balaban J connectivity index is 0.000000395. The van der Waals surface area contributed by atoms with E-state index in [-0.39, 0.29) is 1.43 Å². The molecule has 0 aliphatic carbocycles. The van der Waals surface area contributed by atoms with E-state index >= 15 is 0 Å². The molecule has 0 aliphatic heterocycles. The molecule has 3 aromatic carbocycles. The molecular weight excluding hydrogens is 483 g/mol. The van der Waals surface area contributed by atoms with Crippen LogP contribution in [0.2, 0.25) is 0 Å². The minimum absolute atomic E-state index is 0. The van der Waals surface area contributed by atoms with Gasteiger partial charge >= 0.3 is 37.8 Å². The Morgan fingerprint density at radius 2 is 0.654 bits per heavy atom. The first-order valence-corrected chi connectivity index (χ1v) is 14.5. The third-order valence-electron chi connectivity index (χ3n) is 3.04. The number of hydrogen-bond donors (Lipinski definition) is 0. The van der Waals surface area contributed by atoms with Crippen molar-refractivity contribution in [2.45, 2.75) is 0 Å². The van der Waals surface area contributed by atoms with E-state index in [0.717, 1.165) is 0 Å². The van der Waals surface area contributed by atoms with Crippen LogP contribution in [-0.2, 0) is 0 Å². The summed E-state index contributed by atoms with van der Waals surface area (Å²) < 4.78 is 59.6. The molecule has 0 atom stereocenters. The SMILES string of the molecule is [F][Sb-]([F])([F])([F])([F])[F].[H+].c1ccc(P(c2ccccc2)c2ccccc2)cc1. The van der Waals surface area contributed by atoms with Crippen LogP contribution < -0.4 is 15.9 Å². The molecule has 0 saturated heterocycles. The van der Waals surface area contributed by atoms with Crippen molar-refractivity contribution in [3.63, 3.8) is 0 Å². The molecule has 3 rings (SSSR count). The largest absolute Gasteiger partial charge is 1.00 e. The monoisotopic (exact) mass is 498 g/mol. The Bertz CT molecular complexity index is 722. The molecule has 0 aliphatic rings. The van der Waals surface area contributed by atoms with Gasteiger partial charge in [-0.3, -0.25) is 0 Å². The Hall–Kier alpha value is -1.51. The van der Waals surface area contributed by atoms with Gasteiger partial charge in [0.2, 0.25) is 0 Å². The Morgan fingerprint density at radius 1 is 0.462 bits per heavy atom. The first kappa shape index (κ1) is 20.8. The maximum Gasteiger partial charge on any atom is 1.00 e. The summed E-state index contributed by atoms with van der Waals surface area (Å²) in [7, 11) is -0.446. The van der Waals surface area contributed by atoms with E-state index in [1.54, 1.807) is 0 Å². The van der Waals surface area contributed by atoms with Crippen molar-refractivity contribution < 1.29 is 18.3 Å². The molecule has 140 valence electrons. The summed E-state index contributed by atoms with van der Waals surface area (Å²) in [6, 6.07) is 32.3. The zero-order valence-electron chi connectivity index (χ0n) is 14.3. The molecular formula is C18H16F6PSb. The van der Waals surface area contributed by atoms with Gasteiger partial charge in [0.15, 0.2) is 0 Å². The average molecular weight is 499 g/mol. The summed E-state index contributed by atoms with van der Waals surface area (Å²) in [6.07, 6.45) is 0.